The Balaban J connectivity index is 2.96. The molecule has 0 spiro atoms. The number of hydrogen-bond donors (Lipinski definition) is 0. The second kappa shape index (κ2) is 5.50. The molecule has 1 heteroatoms. The van der Waals surface area contributed by atoms with Crippen LogP contribution in [0.15, 0.2) is 36.4 Å². The first-order chi connectivity index (χ1) is 7.15. The highest BCUT2D eigenvalue weighted by Crippen LogP contribution is 2.19. The third-order valence-electron chi connectivity index (χ3n) is 2.33. The van der Waals surface area contributed by atoms with Crippen molar-refractivity contribution in [3.05, 3.63) is 53.4 Å². The van der Waals surface area contributed by atoms with E-state index in [0.717, 1.165) is 23.1 Å². The lowest BCUT2D eigenvalue weighted by atomic mass is 10.0. The molecule has 0 saturated heterocycles. The molecule has 0 N–H and O–H groups in total. The van der Waals surface area contributed by atoms with Gasteiger partial charge in [0.15, 0.2) is 0 Å². The fourth-order valence-corrected chi connectivity index (χ4v) is 1.51. The maximum atomic E-state index is 12.9. The molecule has 80 valence electrons. The molecule has 1 rings (SSSR count). The summed E-state index contributed by atoms with van der Waals surface area (Å²) in [6.45, 7) is 6.07. The molecule has 1 aromatic rings. The van der Waals surface area contributed by atoms with Crippen molar-refractivity contribution < 1.29 is 4.39 Å². The zero-order valence-corrected chi connectivity index (χ0v) is 9.55. The summed E-state index contributed by atoms with van der Waals surface area (Å²) in [5.74, 6) is -0.173. The van der Waals surface area contributed by atoms with Gasteiger partial charge in [0.1, 0.15) is 5.82 Å². The van der Waals surface area contributed by atoms with Gasteiger partial charge in [-0.1, -0.05) is 31.2 Å². The lowest BCUT2D eigenvalue weighted by Crippen LogP contribution is -1.86. The quantitative estimate of drug-likeness (QED) is 0.636. The highest BCUT2D eigenvalue weighted by Gasteiger charge is 2.00. The zero-order chi connectivity index (χ0) is 11.3. The van der Waals surface area contributed by atoms with Crippen molar-refractivity contribution >= 4 is 5.57 Å². The molecule has 0 bridgehead atoms. The number of hydrogen-bond acceptors (Lipinski definition) is 0. The van der Waals surface area contributed by atoms with E-state index < -0.39 is 0 Å². The summed E-state index contributed by atoms with van der Waals surface area (Å²) in [5, 5.41) is 0. The lowest BCUT2D eigenvalue weighted by Gasteiger charge is -2.05. The van der Waals surface area contributed by atoms with E-state index in [-0.39, 0.29) is 5.82 Å². The van der Waals surface area contributed by atoms with Crippen molar-refractivity contribution in [2.45, 2.75) is 27.2 Å². The van der Waals surface area contributed by atoms with Gasteiger partial charge in [-0.25, -0.2) is 4.39 Å². The average molecular weight is 204 g/mol. The molecule has 0 radical (unpaired) electrons. The predicted molar refractivity (Wildman–Crippen MR) is 64.2 cm³/mol. The first-order valence-corrected chi connectivity index (χ1v) is 5.25. The second-order valence-electron chi connectivity index (χ2n) is 3.65. The smallest absolute Gasteiger partial charge is 0.123 e. The minimum Gasteiger partial charge on any atom is -0.207 e. The number of benzene rings is 1. The number of halogens is 1. The molecule has 0 atom stereocenters. The molecule has 0 heterocycles. The lowest BCUT2D eigenvalue weighted by molar-refractivity contribution is 0.626. The van der Waals surface area contributed by atoms with Crippen molar-refractivity contribution in [2.75, 3.05) is 0 Å². The van der Waals surface area contributed by atoms with Crippen LogP contribution in [0.2, 0.25) is 0 Å². The van der Waals surface area contributed by atoms with Crippen LogP contribution in [0.4, 0.5) is 4.39 Å². The van der Waals surface area contributed by atoms with Crippen LogP contribution < -0.4 is 0 Å². The third-order valence-corrected chi connectivity index (χ3v) is 2.33. The van der Waals surface area contributed by atoms with Gasteiger partial charge in [-0.3, -0.25) is 0 Å². The Morgan fingerprint density at radius 1 is 1.40 bits per heavy atom. The summed E-state index contributed by atoms with van der Waals surface area (Å²) >= 11 is 0. The zero-order valence-electron chi connectivity index (χ0n) is 9.55. The predicted octanol–water partition coefficient (Wildman–Crippen LogP) is 4.50. The van der Waals surface area contributed by atoms with Crippen molar-refractivity contribution in [1.82, 2.24) is 0 Å². The van der Waals surface area contributed by atoms with Gasteiger partial charge in [-0.2, -0.15) is 0 Å². The van der Waals surface area contributed by atoms with E-state index in [4.69, 9.17) is 0 Å². The van der Waals surface area contributed by atoms with Gasteiger partial charge in [-0.15, -0.1) is 0 Å². The first-order valence-electron chi connectivity index (χ1n) is 5.25. The Morgan fingerprint density at radius 3 is 2.73 bits per heavy atom. The van der Waals surface area contributed by atoms with Gasteiger partial charge in [0.25, 0.3) is 0 Å². The van der Waals surface area contributed by atoms with E-state index in [1.807, 2.05) is 26.0 Å². The van der Waals surface area contributed by atoms with E-state index in [0.29, 0.717) is 0 Å². The average Bonchev–Trinajstić information content (AvgIpc) is 2.17. The summed E-state index contributed by atoms with van der Waals surface area (Å²) in [6.07, 6.45) is 7.23. The van der Waals surface area contributed by atoms with Gasteiger partial charge in [0.05, 0.1) is 0 Å². The van der Waals surface area contributed by atoms with Crippen LogP contribution in [0.5, 0.6) is 0 Å². The molecule has 0 aromatic heterocycles. The number of aryl methyl sites for hydroxylation is 1. The molecule has 0 aliphatic rings. The van der Waals surface area contributed by atoms with Crippen LogP contribution in [-0.2, 0) is 0 Å². The normalized spacial score (nSPS) is 12.4. The van der Waals surface area contributed by atoms with Gasteiger partial charge in [0.2, 0.25) is 0 Å². The molecule has 0 nitrogen and oxygen atoms in total. The van der Waals surface area contributed by atoms with Crippen molar-refractivity contribution in [3.8, 4) is 0 Å². The monoisotopic (exact) mass is 204 g/mol. The topological polar surface area (TPSA) is 0 Å². The Hall–Kier alpha value is -1.37. The van der Waals surface area contributed by atoms with Gasteiger partial charge < -0.3 is 0 Å². The minimum atomic E-state index is -0.173. The SMILES string of the molecule is CC/C=C/C=C(/C)c1ccc(F)cc1C. The summed E-state index contributed by atoms with van der Waals surface area (Å²) in [4.78, 5) is 0. The van der Waals surface area contributed by atoms with Crippen LogP contribution in [0.3, 0.4) is 0 Å². The minimum absolute atomic E-state index is 0.173. The molecular weight excluding hydrogens is 187 g/mol. The standard InChI is InChI=1S/C14H17F/c1-4-5-6-7-11(2)14-9-8-13(15)10-12(14)3/h5-10H,4H2,1-3H3/b6-5+,11-7-. The van der Waals surface area contributed by atoms with Crippen molar-refractivity contribution in [1.29, 1.82) is 0 Å². The maximum Gasteiger partial charge on any atom is 0.123 e. The van der Waals surface area contributed by atoms with Gasteiger partial charge in [-0.05, 0) is 49.1 Å². The fraction of sp³-hybridized carbons (Fsp3) is 0.286. The first kappa shape index (κ1) is 11.7. The van der Waals surface area contributed by atoms with Crippen LogP contribution in [0.25, 0.3) is 5.57 Å². The Kier molecular flexibility index (Phi) is 4.29. The van der Waals surface area contributed by atoms with Crippen molar-refractivity contribution in [2.24, 2.45) is 0 Å². The van der Waals surface area contributed by atoms with Gasteiger partial charge >= 0.3 is 0 Å². The number of allylic oxidation sites excluding steroid dienone is 4. The fourth-order valence-electron chi connectivity index (χ4n) is 1.51. The van der Waals surface area contributed by atoms with Gasteiger partial charge in [0, 0.05) is 0 Å². The molecule has 15 heavy (non-hydrogen) atoms. The van der Waals surface area contributed by atoms with Crippen LogP contribution >= 0.6 is 0 Å². The molecule has 0 aliphatic heterocycles. The molecule has 1 aromatic carbocycles. The van der Waals surface area contributed by atoms with Crippen LogP contribution in [0, 0.1) is 12.7 Å². The summed E-state index contributed by atoms with van der Waals surface area (Å²) < 4.78 is 12.9. The molecular formula is C14H17F. The second-order valence-corrected chi connectivity index (χ2v) is 3.65. The molecule has 0 aliphatic carbocycles. The third kappa shape index (κ3) is 3.35. The summed E-state index contributed by atoms with van der Waals surface area (Å²) in [5.41, 5.74) is 3.25. The molecule has 0 saturated carbocycles. The Bertz CT molecular complexity index is 386. The molecule has 0 amide bonds. The summed E-state index contributed by atoms with van der Waals surface area (Å²) in [7, 11) is 0. The van der Waals surface area contributed by atoms with Crippen LogP contribution in [0.1, 0.15) is 31.4 Å². The summed E-state index contributed by atoms with van der Waals surface area (Å²) in [6, 6.07) is 4.90. The highest BCUT2D eigenvalue weighted by atomic mass is 19.1. The van der Waals surface area contributed by atoms with Crippen molar-refractivity contribution in [3.63, 3.8) is 0 Å². The van der Waals surface area contributed by atoms with E-state index in [1.54, 1.807) is 6.07 Å². The highest BCUT2D eigenvalue weighted by molar-refractivity contribution is 5.67. The van der Waals surface area contributed by atoms with E-state index in [1.165, 1.54) is 6.07 Å². The van der Waals surface area contributed by atoms with E-state index in [2.05, 4.69) is 19.1 Å². The Labute approximate surface area is 91.1 Å². The van der Waals surface area contributed by atoms with E-state index in [9.17, 15) is 4.39 Å². The number of rotatable bonds is 3. The Morgan fingerprint density at radius 2 is 2.13 bits per heavy atom. The van der Waals surface area contributed by atoms with E-state index >= 15 is 0 Å². The van der Waals surface area contributed by atoms with Crippen LogP contribution in [-0.4, -0.2) is 0 Å². The molecule has 0 fully saturated rings. The molecule has 0 unspecified atom stereocenters. The maximum absolute atomic E-state index is 12.9. The largest absolute Gasteiger partial charge is 0.207 e.